The van der Waals surface area contributed by atoms with Crippen molar-refractivity contribution in [3.8, 4) is 0 Å². The van der Waals surface area contributed by atoms with E-state index in [2.05, 4.69) is 57.7 Å². The molecule has 0 saturated heterocycles. The van der Waals surface area contributed by atoms with Crippen LogP contribution in [-0.2, 0) is 23.2 Å². The average Bonchev–Trinajstić information content (AvgIpc) is 3.38. The molecule has 3 nitrogen and oxygen atoms in total. The highest BCUT2D eigenvalue weighted by molar-refractivity contribution is 5.76. The van der Waals surface area contributed by atoms with Gasteiger partial charge >= 0.3 is 0 Å². The Morgan fingerprint density at radius 2 is 1.86 bits per heavy atom. The van der Waals surface area contributed by atoms with Crippen LogP contribution in [0.1, 0.15) is 134 Å². The Labute approximate surface area is 226 Å². The molecule has 3 heteroatoms. The molecule has 1 saturated carbocycles. The van der Waals surface area contributed by atoms with Gasteiger partial charge in [0.2, 0.25) is 5.91 Å². The normalized spacial score (nSPS) is 25.1. The zero-order valence-electron chi connectivity index (χ0n) is 24.3. The van der Waals surface area contributed by atoms with Crippen molar-refractivity contribution in [3.63, 3.8) is 0 Å². The lowest BCUT2D eigenvalue weighted by Gasteiger charge is -2.56. The van der Waals surface area contributed by atoms with Crippen LogP contribution in [0.25, 0.3) is 0 Å². The molecule has 0 aliphatic heterocycles. The molecule has 2 aliphatic carbocycles. The number of hydrogen-bond acceptors (Lipinski definition) is 2. The number of unbranched alkanes of at least 4 members (excludes halogenated alkanes) is 5. The van der Waals surface area contributed by atoms with E-state index < -0.39 is 0 Å². The van der Waals surface area contributed by atoms with E-state index >= 15 is 0 Å². The zero-order chi connectivity index (χ0) is 26.5. The molecule has 1 aromatic heterocycles. The van der Waals surface area contributed by atoms with Crippen molar-refractivity contribution in [1.82, 2.24) is 4.90 Å². The summed E-state index contributed by atoms with van der Waals surface area (Å²) in [7, 11) is 0. The Morgan fingerprint density at radius 1 is 1.08 bits per heavy atom. The number of carbonyl (C=O) groups is 1. The van der Waals surface area contributed by atoms with Crippen molar-refractivity contribution < 1.29 is 9.21 Å². The van der Waals surface area contributed by atoms with Crippen LogP contribution in [0.2, 0.25) is 0 Å². The summed E-state index contributed by atoms with van der Waals surface area (Å²) in [6.45, 7) is 13.3. The quantitative estimate of drug-likeness (QED) is 0.269. The Kier molecular flexibility index (Phi) is 9.24. The van der Waals surface area contributed by atoms with Gasteiger partial charge in [-0.3, -0.25) is 4.79 Å². The molecule has 204 valence electrons. The lowest BCUT2D eigenvalue weighted by atomic mass is 9.49. The summed E-state index contributed by atoms with van der Waals surface area (Å²) in [5.41, 5.74) is 4.92. The third-order valence-corrected chi connectivity index (χ3v) is 9.74. The second-order valence-corrected chi connectivity index (χ2v) is 12.9. The lowest BCUT2D eigenvalue weighted by molar-refractivity contribution is -0.136. The fraction of sp³-hybridized carbons (Fsp3) is 0.676. The number of rotatable bonds is 12. The van der Waals surface area contributed by atoms with Crippen LogP contribution in [0.5, 0.6) is 0 Å². The van der Waals surface area contributed by atoms with Gasteiger partial charge in [0.25, 0.3) is 0 Å². The smallest absolute Gasteiger partial charge is 0.222 e. The standard InChI is InChI=1S/C34H51NO2/c1-6-7-8-9-10-11-15-32(36)35(24-29-14-12-22-37-29)25-33(4)20-13-21-34(5)30-18-16-27(26(2)3)23-28(30)17-19-31(33)34/h12,14,16,18,22-23,26,31H,6-11,13,15,17,19-21,24-25H2,1-5H3. The van der Waals surface area contributed by atoms with E-state index in [1.807, 2.05) is 12.1 Å². The van der Waals surface area contributed by atoms with Gasteiger partial charge in [-0.1, -0.05) is 91.3 Å². The Balaban J connectivity index is 1.51. The van der Waals surface area contributed by atoms with Gasteiger partial charge in [0.15, 0.2) is 0 Å². The van der Waals surface area contributed by atoms with E-state index in [-0.39, 0.29) is 10.8 Å². The molecule has 0 N–H and O–H groups in total. The second-order valence-electron chi connectivity index (χ2n) is 12.9. The number of carbonyl (C=O) groups excluding carboxylic acids is 1. The first kappa shape index (κ1) is 28.0. The molecule has 1 amide bonds. The molecule has 3 atom stereocenters. The molecule has 3 unspecified atom stereocenters. The molecule has 37 heavy (non-hydrogen) atoms. The van der Waals surface area contributed by atoms with Crippen LogP contribution in [0.3, 0.4) is 0 Å². The maximum atomic E-state index is 13.6. The number of benzene rings is 1. The SMILES string of the molecule is CCCCCCCCC(=O)N(Cc1ccco1)CC1(C)CCCC2(C)c3ccc(C(C)C)cc3CCC12. The molecule has 2 aliphatic rings. The van der Waals surface area contributed by atoms with Gasteiger partial charge in [-0.05, 0) is 83.6 Å². The number of hydrogen-bond donors (Lipinski definition) is 0. The summed E-state index contributed by atoms with van der Waals surface area (Å²) in [6.07, 6.45) is 15.7. The molecule has 2 aromatic rings. The molecule has 1 aromatic carbocycles. The van der Waals surface area contributed by atoms with Crippen molar-refractivity contribution in [2.24, 2.45) is 11.3 Å². The lowest BCUT2D eigenvalue weighted by Crippen LogP contribution is -2.53. The maximum absolute atomic E-state index is 13.6. The predicted molar refractivity (Wildman–Crippen MR) is 154 cm³/mol. The van der Waals surface area contributed by atoms with Crippen molar-refractivity contribution >= 4 is 5.91 Å². The summed E-state index contributed by atoms with van der Waals surface area (Å²) in [5, 5.41) is 0. The van der Waals surface area contributed by atoms with Crippen molar-refractivity contribution in [2.45, 2.75) is 130 Å². The van der Waals surface area contributed by atoms with Crippen LogP contribution < -0.4 is 0 Å². The van der Waals surface area contributed by atoms with E-state index in [1.165, 1.54) is 56.9 Å². The third-order valence-electron chi connectivity index (χ3n) is 9.74. The monoisotopic (exact) mass is 505 g/mol. The summed E-state index contributed by atoms with van der Waals surface area (Å²) in [5.74, 6) is 2.36. The predicted octanol–water partition coefficient (Wildman–Crippen LogP) is 9.19. The van der Waals surface area contributed by atoms with E-state index in [0.717, 1.165) is 31.6 Å². The molecular weight excluding hydrogens is 454 g/mol. The minimum absolute atomic E-state index is 0.116. The van der Waals surface area contributed by atoms with Gasteiger partial charge in [-0.15, -0.1) is 0 Å². The Hall–Kier alpha value is -2.03. The Morgan fingerprint density at radius 3 is 2.59 bits per heavy atom. The molecule has 0 spiro atoms. The highest BCUT2D eigenvalue weighted by Crippen LogP contribution is 2.57. The fourth-order valence-electron chi connectivity index (χ4n) is 7.67. The molecular formula is C34H51NO2. The molecule has 0 bridgehead atoms. The van der Waals surface area contributed by atoms with Crippen LogP contribution in [0, 0.1) is 11.3 Å². The number of aryl methyl sites for hydroxylation is 1. The van der Waals surface area contributed by atoms with Gasteiger partial charge in [0.1, 0.15) is 5.76 Å². The Bertz CT molecular complexity index is 1010. The number of fused-ring (bicyclic) bond motifs is 3. The first-order valence-corrected chi connectivity index (χ1v) is 15.2. The summed E-state index contributed by atoms with van der Waals surface area (Å²) in [6, 6.07) is 11.3. The van der Waals surface area contributed by atoms with E-state index in [9.17, 15) is 4.79 Å². The molecule has 4 rings (SSSR count). The first-order chi connectivity index (χ1) is 17.8. The van der Waals surface area contributed by atoms with Gasteiger partial charge in [-0.25, -0.2) is 0 Å². The van der Waals surface area contributed by atoms with E-state index in [1.54, 1.807) is 17.4 Å². The largest absolute Gasteiger partial charge is 0.467 e. The second kappa shape index (κ2) is 12.2. The van der Waals surface area contributed by atoms with Crippen molar-refractivity contribution in [1.29, 1.82) is 0 Å². The van der Waals surface area contributed by atoms with Crippen LogP contribution in [0.15, 0.2) is 41.0 Å². The number of furan rings is 1. The van der Waals surface area contributed by atoms with Crippen LogP contribution >= 0.6 is 0 Å². The van der Waals surface area contributed by atoms with Crippen molar-refractivity contribution in [3.05, 3.63) is 59.0 Å². The summed E-state index contributed by atoms with van der Waals surface area (Å²) in [4.78, 5) is 15.7. The van der Waals surface area contributed by atoms with Gasteiger partial charge < -0.3 is 9.32 Å². The van der Waals surface area contributed by atoms with E-state index in [0.29, 0.717) is 30.7 Å². The van der Waals surface area contributed by atoms with E-state index in [4.69, 9.17) is 4.42 Å². The molecule has 0 radical (unpaired) electrons. The summed E-state index contributed by atoms with van der Waals surface area (Å²) >= 11 is 0. The number of nitrogens with zero attached hydrogens (tertiary/aromatic N) is 1. The topological polar surface area (TPSA) is 33.5 Å². The van der Waals surface area contributed by atoms with Gasteiger partial charge in [0.05, 0.1) is 12.8 Å². The van der Waals surface area contributed by atoms with Crippen LogP contribution in [-0.4, -0.2) is 17.4 Å². The zero-order valence-corrected chi connectivity index (χ0v) is 24.3. The highest BCUT2D eigenvalue weighted by Gasteiger charge is 2.52. The molecule has 1 fully saturated rings. The average molecular weight is 506 g/mol. The molecule has 1 heterocycles. The highest BCUT2D eigenvalue weighted by atomic mass is 16.3. The van der Waals surface area contributed by atoms with Crippen molar-refractivity contribution in [2.75, 3.05) is 6.54 Å². The minimum Gasteiger partial charge on any atom is -0.467 e. The summed E-state index contributed by atoms with van der Waals surface area (Å²) < 4.78 is 5.72. The minimum atomic E-state index is 0.116. The van der Waals surface area contributed by atoms with Crippen LogP contribution in [0.4, 0.5) is 0 Å². The van der Waals surface area contributed by atoms with Gasteiger partial charge in [0, 0.05) is 13.0 Å². The fourth-order valence-corrected chi connectivity index (χ4v) is 7.67. The van der Waals surface area contributed by atoms with Gasteiger partial charge in [-0.2, -0.15) is 0 Å². The third kappa shape index (κ3) is 6.35. The first-order valence-electron chi connectivity index (χ1n) is 15.2. The number of amides is 1. The maximum Gasteiger partial charge on any atom is 0.222 e.